The van der Waals surface area contributed by atoms with E-state index in [1.165, 1.54) is 65.5 Å². The highest BCUT2D eigenvalue weighted by molar-refractivity contribution is 6.24. The Labute approximate surface area is 578 Å². The van der Waals surface area contributed by atoms with Gasteiger partial charge in [-0.15, -0.1) is 0 Å². The lowest BCUT2D eigenvalue weighted by Gasteiger charge is -2.41. The number of nitrogens with one attached hydrogen (secondary N) is 4. The van der Waals surface area contributed by atoms with Crippen LogP contribution >= 0.6 is 0 Å². The number of carbonyl (C=O) groups is 9. The molecule has 0 aromatic heterocycles. The number of methoxy groups -OCH3 is 1. The molecule has 5 aliphatic heterocycles. The first-order chi connectivity index (χ1) is 46.7. The first-order valence-corrected chi connectivity index (χ1v) is 34.0. The fraction of sp³-hybridized carbons (Fsp3) is 0.534. The van der Waals surface area contributed by atoms with Gasteiger partial charge in [0.2, 0.25) is 11.8 Å². The molecule has 0 saturated carbocycles. The van der Waals surface area contributed by atoms with E-state index in [9.17, 15) is 63.6 Å². The molecule has 538 valence electrons. The monoisotopic (exact) mass is 1370 g/mol. The van der Waals surface area contributed by atoms with Crippen LogP contribution in [0.25, 0.3) is 10.8 Å². The number of phenols is 3. The molecular formula is C73H100N9O17+. The number of hydrogen-bond donors (Lipinski definition) is 9. The van der Waals surface area contributed by atoms with Crippen molar-refractivity contribution in [1.82, 2.24) is 20.5 Å². The summed E-state index contributed by atoms with van der Waals surface area (Å²) in [6.45, 7) is 21.8. The molecule has 1 fully saturated rings. The number of allylic oxidation sites excluding steroid dienone is 2. The zero-order valence-electron chi connectivity index (χ0n) is 59.1. The molecule has 0 radical (unpaired) electrons. The second-order valence-corrected chi connectivity index (χ2v) is 27.7. The summed E-state index contributed by atoms with van der Waals surface area (Å²) in [5.74, 6) is -10.7. The standard InChI is InChI=1S/C73H99N9O17/c1-40(2)61(78-55(85)22-15-14-16-31-81-56(86)27-28-57(81)87)53(84)37-50(21-18-30-75-72(74)95)71(94)77-51-25-23-49(24-26-51)39-82(12)34-32-80(33-35-82)76-38-52-62-66(91)59-58(65(52)90)60-68(47(9)64(59)89)99-73(11,69(60)92)97-36-29-54(96-13)46(8)67(98-48(10)83)45(7)43(5)44(6)63(88)41(3)19-17-20-42(4)70(93)79-62/h17,19-20,23-29,36,38,40-41,43-46,50,54,61,63,67,88H,14-16,18,21-22,30-35,37,39H2,1-13H3,(H8-,74,75,76,77,78,79,85,86,87,89,90,91,92,93,94,95)/p+1/b19-17+,36-29+,42-20-/t41-,43?,44-,45+,46+,50+,54-,61-,63-,67-,73-/m0/s1. The Morgan fingerprint density at radius 3 is 2.17 bits per heavy atom. The number of nitrogens with two attached hydrogens (primary N) is 1. The molecular weight excluding hydrogens is 1270 g/mol. The minimum atomic E-state index is -2.09. The fourth-order valence-corrected chi connectivity index (χ4v) is 13.3. The number of esters is 1. The van der Waals surface area contributed by atoms with E-state index in [0.29, 0.717) is 68.6 Å². The number of aromatic hydroxyl groups is 3. The average molecular weight is 1380 g/mol. The molecule has 99 heavy (non-hydrogen) atoms. The van der Waals surface area contributed by atoms with Gasteiger partial charge in [0.1, 0.15) is 29.9 Å². The Bertz CT molecular complexity index is 3670. The molecule has 0 spiro atoms. The molecule has 0 aliphatic carbocycles. The zero-order valence-corrected chi connectivity index (χ0v) is 59.1. The van der Waals surface area contributed by atoms with Crippen LogP contribution in [-0.4, -0.2) is 178 Å². The number of urea groups is 1. The fourth-order valence-electron chi connectivity index (χ4n) is 13.3. The second-order valence-electron chi connectivity index (χ2n) is 27.7. The van der Waals surface area contributed by atoms with Crippen molar-refractivity contribution < 1.29 is 87.0 Å². The van der Waals surface area contributed by atoms with Crippen LogP contribution in [-0.2, 0) is 54.3 Å². The molecule has 3 aromatic rings. The number of aliphatic hydroxyl groups excluding tert-OH is 1. The number of hydrazone groups is 1. The van der Waals surface area contributed by atoms with Crippen molar-refractivity contribution in [3.05, 3.63) is 94.8 Å². The van der Waals surface area contributed by atoms with Gasteiger partial charge in [-0.2, -0.15) is 5.10 Å². The van der Waals surface area contributed by atoms with E-state index in [1.807, 2.05) is 46.8 Å². The van der Waals surface area contributed by atoms with Crippen molar-refractivity contribution in [2.45, 2.75) is 158 Å². The van der Waals surface area contributed by atoms with Crippen molar-refractivity contribution in [3.8, 4) is 23.0 Å². The van der Waals surface area contributed by atoms with Crippen LogP contribution in [0, 0.1) is 48.3 Å². The number of imide groups is 1. The minimum Gasteiger partial charge on any atom is -0.507 e. The number of amides is 7. The average Bonchev–Trinajstić information content (AvgIpc) is 1.62. The lowest BCUT2D eigenvalue weighted by molar-refractivity contribution is -0.926. The summed E-state index contributed by atoms with van der Waals surface area (Å²) in [5.41, 5.74) is 6.18. The third-order valence-corrected chi connectivity index (χ3v) is 19.9. The van der Waals surface area contributed by atoms with Crippen LogP contribution in [0.4, 0.5) is 16.2 Å². The largest absolute Gasteiger partial charge is 0.507 e. The number of unbranched alkanes of at least 4 members (excludes halogenated alkanes) is 2. The van der Waals surface area contributed by atoms with Gasteiger partial charge in [-0.3, -0.25) is 48.3 Å². The lowest BCUT2D eigenvalue weighted by Crippen LogP contribution is -2.55. The molecule has 8 rings (SSSR count). The topological polar surface area (TPSA) is 364 Å². The van der Waals surface area contributed by atoms with Gasteiger partial charge in [-0.05, 0) is 81.4 Å². The highest BCUT2D eigenvalue weighted by Gasteiger charge is 2.50. The Balaban J connectivity index is 1.08. The highest BCUT2D eigenvalue weighted by atomic mass is 16.7. The van der Waals surface area contributed by atoms with Crippen LogP contribution in [0.1, 0.15) is 141 Å². The number of ketones is 2. The van der Waals surface area contributed by atoms with Crippen molar-refractivity contribution in [2.24, 2.45) is 52.3 Å². The van der Waals surface area contributed by atoms with Gasteiger partial charge in [-0.25, -0.2) is 4.79 Å². The number of aliphatic hydroxyl groups is 1. The van der Waals surface area contributed by atoms with Gasteiger partial charge >= 0.3 is 17.8 Å². The maximum absolute atomic E-state index is 14.9. The summed E-state index contributed by atoms with van der Waals surface area (Å²) in [6, 6.07) is 5.75. The molecule has 1 unspecified atom stereocenters. The molecule has 1 saturated heterocycles. The van der Waals surface area contributed by atoms with E-state index in [-0.39, 0.29) is 124 Å². The number of phenolic OH excluding ortho intramolecular Hbond substituents is 3. The lowest BCUT2D eigenvalue weighted by atomic mass is 9.73. The van der Waals surface area contributed by atoms with Crippen molar-refractivity contribution in [1.29, 1.82) is 0 Å². The SMILES string of the molecule is CO[C@H]1/C=C/O[C@@]2(C)Oc3c(C)c(O)c4c(O)c(c(/C=N/N5CC[N+](C)(Cc6ccc(NC(=O)[C@H](CCCNC(N)=O)CC(=O)[C@@H](NC(=O)CCCCCN7C(=O)C=CC7=O)C(C)C)cc6)CC5)c(O)c4c3C2=O)NC(=O)/C(C)=C\C=C\[C@H](C)[C@H](O)[C@@H](C)C(C)[C@@H](C)[C@H](OC(C)=O)[C@@H]1C. The minimum absolute atomic E-state index is 0.0231. The van der Waals surface area contributed by atoms with Crippen LogP contribution in [0.3, 0.4) is 0 Å². The van der Waals surface area contributed by atoms with E-state index >= 15 is 0 Å². The quantitative estimate of drug-likeness (QED) is 0.00827. The van der Waals surface area contributed by atoms with Crippen LogP contribution in [0.15, 0.2) is 77.7 Å². The number of hydrogen-bond acceptors (Lipinski definition) is 19. The third kappa shape index (κ3) is 18.8. The van der Waals surface area contributed by atoms with Gasteiger partial charge in [-0.1, -0.05) is 85.2 Å². The third-order valence-electron chi connectivity index (χ3n) is 19.9. The van der Waals surface area contributed by atoms with E-state index in [0.717, 1.165) is 10.5 Å². The van der Waals surface area contributed by atoms with E-state index in [4.69, 9.17) is 29.8 Å². The first-order valence-electron chi connectivity index (χ1n) is 34.0. The summed E-state index contributed by atoms with van der Waals surface area (Å²) in [5, 5.41) is 65.4. The van der Waals surface area contributed by atoms with Crippen LogP contribution in [0.2, 0.25) is 0 Å². The van der Waals surface area contributed by atoms with E-state index in [2.05, 4.69) is 28.3 Å². The molecule has 11 atom stereocenters. The molecule has 26 heteroatoms. The predicted octanol–water partition coefficient (Wildman–Crippen LogP) is 7.91. The highest BCUT2D eigenvalue weighted by Crippen LogP contribution is 2.55. The number of Topliss-reactive ketones (excluding diaryl/α,β-unsaturated/α-hetero) is 2. The number of primary amides is 1. The second kappa shape index (κ2) is 33.6. The number of anilines is 2. The number of fused-ring (bicyclic) bond motifs is 14. The van der Waals surface area contributed by atoms with Crippen LogP contribution < -0.4 is 31.7 Å². The maximum Gasteiger partial charge on any atom is 0.312 e. The predicted molar refractivity (Wildman–Crippen MR) is 372 cm³/mol. The summed E-state index contributed by atoms with van der Waals surface area (Å²) in [4.78, 5) is 119. The van der Waals surface area contributed by atoms with Gasteiger partial charge in [0.25, 0.3) is 23.5 Å². The normalized spacial score (nSPS) is 25.4. The summed E-state index contributed by atoms with van der Waals surface area (Å²) < 4.78 is 24.8. The number of rotatable bonds is 23. The molecule has 7 amide bonds. The van der Waals surface area contributed by atoms with Gasteiger partial charge in [0, 0.05) is 105 Å². The Morgan fingerprint density at radius 2 is 1.55 bits per heavy atom. The smallest absolute Gasteiger partial charge is 0.312 e. The zero-order chi connectivity index (χ0) is 73.0. The summed E-state index contributed by atoms with van der Waals surface area (Å²) in [6.07, 6.45) is 11.2. The number of likely N-dealkylation sites (N-methyl/N-ethyl adjacent to an activating group) is 1. The number of ether oxygens (including phenoxy) is 4. The first kappa shape index (κ1) is 77.2. The summed E-state index contributed by atoms with van der Waals surface area (Å²) in [7, 11) is 3.57. The number of carbonyl (C=O) groups excluding carboxylic acids is 9. The number of nitrogens with zero attached hydrogens (tertiary/aromatic N) is 4. The Kier molecular flexibility index (Phi) is 26.2. The molecule has 5 aliphatic rings. The Hall–Kier alpha value is -9.14. The Morgan fingerprint density at radius 1 is 0.879 bits per heavy atom. The van der Waals surface area contributed by atoms with Crippen molar-refractivity contribution in [2.75, 3.05) is 64.1 Å². The molecule has 5 bridgehead atoms. The molecule has 10 N–H and O–H groups in total. The van der Waals surface area contributed by atoms with Gasteiger partial charge < -0.3 is 70.9 Å². The van der Waals surface area contributed by atoms with E-state index in [1.54, 1.807) is 49.2 Å². The van der Waals surface area contributed by atoms with Crippen LogP contribution in [0.5, 0.6) is 23.0 Å². The van der Waals surface area contributed by atoms with Crippen molar-refractivity contribution >= 4 is 81.5 Å². The molecule has 26 nitrogen and oxygen atoms in total. The van der Waals surface area contributed by atoms with Crippen molar-refractivity contribution in [3.63, 3.8) is 0 Å². The number of benzene rings is 3. The molecule has 5 heterocycles. The van der Waals surface area contributed by atoms with Gasteiger partial charge in [0.05, 0.1) is 86.2 Å². The van der Waals surface area contributed by atoms with E-state index < -0.39 is 94.7 Å². The number of piperazine rings is 1. The number of quaternary nitrogens is 1. The molecule has 3 aromatic carbocycles. The maximum atomic E-state index is 14.9. The van der Waals surface area contributed by atoms with Gasteiger partial charge in [0.15, 0.2) is 11.5 Å². The summed E-state index contributed by atoms with van der Waals surface area (Å²) >= 11 is 0.